The molecule has 0 aromatic heterocycles. The molecule has 0 bridgehead atoms. The number of likely N-dealkylation sites (N-methyl/N-ethyl adjacent to an activating group) is 2. The summed E-state index contributed by atoms with van der Waals surface area (Å²) in [5, 5.41) is 3.05. The summed E-state index contributed by atoms with van der Waals surface area (Å²) in [6.45, 7) is 4.63. The van der Waals surface area contributed by atoms with Gasteiger partial charge in [-0.15, -0.1) is 12.4 Å². The fourth-order valence-corrected chi connectivity index (χ4v) is 3.58. The minimum absolute atomic E-state index is 0. The summed E-state index contributed by atoms with van der Waals surface area (Å²) in [5.74, 6) is 0.0611. The normalized spacial score (nSPS) is 17.0. The summed E-state index contributed by atoms with van der Waals surface area (Å²) in [7, 11) is 3.71. The second-order valence-electron chi connectivity index (χ2n) is 6.41. The minimum atomic E-state index is -0.0969. The van der Waals surface area contributed by atoms with E-state index in [1.807, 2.05) is 44.1 Å². The molecule has 1 N–H and O–H groups in total. The summed E-state index contributed by atoms with van der Waals surface area (Å²) in [6.07, 6.45) is 1.73. The molecule has 1 aromatic carbocycles. The fraction of sp³-hybridized carbons (Fsp3) is 0.556. The van der Waals surface area contributed by atoms with Crippen molar-refractivity contribution in [2.24, 2.45) is 5.92 Å². The van der Waals surface area contributed by atoms with E-state index in [1.54, 1.807) is 4.90 Å². The van der Waals surface area contributed by atoms with Gasteiger partial charge < -0.3 is 15.1 Å². The quantitative estimate of drug-likeness (QED) is 0.778. The number of likely N-dealkylation sites (tertiary alicyclic amines) is 1. The van der Waals surface area contributed by atoms with Gasteiger partial charge >= 0.3 is 0 Å². The molecule has 25 heavy (non-hydrogen) atoms. The van der Waals surface area contributed by atoms with E-state index in [-0.39, 0.29) is 30.1 Å². The lowest BCUT2D eigenvalue weighted by Crippen LogP contribution is -2.46. The molecule has 1 saturated heterocycles. The Morgan fingerprint density at radius 2 is 2.12 bits per heavy atom. The predicted octanol–water partition coefficient (Wildman–Crippen LogP) is 2.71. The first-order valence-electron chi connectivity index (χ1n) is 8.39. The number of amides is 2. The highest BCUT2D eigenvalue weighted by molar-refractivity contribution is 9.10. The fourth-order valence-electron chi connectivity index (χ4n) is 3.10. The molecule has 1 fully saturated rings. The van der Waals surface area contributed by atoms with Crippen molar-refractivity contribution in [1.29, 1.82) is 0 Å². The van der Waals surface area contributed by atoms with Gasteiger partial charge in [0, 0.05) is 43.3 Å². The van der Waals surface area contributed by atoms with Gasteiger partial charge in [-0.1, -0.05) is 15.9 Å². The average Bonchev–Trinajstić information content (AvgIpc) is 2.58. The monoisotopic (exact) mass is 431 g/mol. The maximum atomic E-state index is 12.8. The SMILES string of the molecule is CNCCN(C)C(=O)C1CCCN(C(=O)c2ccc(Br)cc2C)C1.Cl. The Hall–Kier alpha value is -1.11. The molecule has 1 unspecified atom stereocenters. The van der Waals surface area contributed by atoms with Gasteiger partial charge in [0.15, 0.2) is 0 Å². The Morgan fingerprint density at radius 1 is 1.40 bits per heavy atom. The van der Waals surface area contributed by atoms with Crippen LogP contribution in [-0.4, -0.2) is 61.9 Å². The lowest BCUT2D eigenvalue weighted by Gasteiger charge is -2.34. The zero-order chi connectivity index (χ0) is 17.7. The summed E-state index contributed by atoms with van der Waals surface area (Å²) in [5.41, 5.74) is 1.67. The van der Waals surface area contributed by atoms with Gasteiger partial charge in [0.1, 0.15) is 0 Å². The van der Waals surface area contributed by atoms with Crippen LogP contribution in [0.1, 0.15) is 28.8 Å². The van der Waals surface area contributed by atoms with Gasteiger partial charge in [0.05, 0.1) is 5.92 Å². The van der Waals surface area contributed by atoms with E-state index in [4.69, 9.17) is 0 Å². The number of hydrogen-bond acceptors (Lipinski definition) is 3. The predicted molar refractivity (Wildman–Crippen MR) is 106 cm³/mol. The van der Waals surface area contributed by atoms with Crippen LogP contribution in [-0.2, 0) is 4.79 Å². The zero-order valence-electron chi connectivity index (χ0n) is 15.0. The molecule has 2 rings (SSSR count). The van der Waals surface area contributed by atoms with Gasteiger partial charge in [-0.05, 0) is 50.6 Å². The maximum Gasteiger partial charge on any atom is 0.254 e. The summed E-state index contributed by atoms with van der Waals surface area (Å²) >= 11 is 3.43. The van der Waals surface area contributed by atoms with Crippen LogP contribution in [0.4, 0.5) is 0 Å². The first-order valence-corrected chi connectivity index (χ1v) is 9.18. The molecule has 7 heteroatoms. The Labute approximate surface area is 164 Å². The van der Waals surface area contributed by atoms with E-state index in [0.29, 0.717) is 13.1 Å². The molecule has 5 nitrogen and oxygen atoms in total. The molecule has 0 saturated carbocycles. The molecule has 1 aliphatic heterocycles. The van der Waals surface area contributed by atoms with Crippen molar-refractivity contribution < 1.29 is 9.59 Å². The molecule has 0 spiro atoms. The number of hydrogen-bond donors (Lipinski definition) is 1. The highest BCUT2D eigenvalue weighted by atomic mass is 79.9. The molecule has 140 valence electrons. The van der Waals surface area contributed by atoms with Crippen LogP contribution in [0.25, 0.3) is 0 Å². The summed E-state index contributed by atoms with van der Waals surface area (Å²) < 4.78 is 0.967. The average molecular weight is 433 g/mol. The first-order chi connectivity index (χ1) is 11.4. The van der Waals surface area contributed by atoms with Crippen LogP contribution >= 0.6 is 28.3 Å². The highest BCUT2D eigenvalue weighted by Crippen LogP contribution is 2.23. The molecule has 0 aliphatic carbocycles. The number of nitrogens with one attached hydrogen (secondary N) is 1. The Kier molecular flexibility index (Phi) is 8.89. The summed E-state index contributed by atoms with van der Waals surface area (Å²) in [6, 6.07) is 5.69. The molecule has 1 aromatic rings. The van der Waals surface area contributed by atoms with Gasteiger partial charge in [-0.2, -0.15) is 0 Å². The number of aryl methyl sites for hydroxylation is 1. The van der Waals surface area contributed by atoms with E-state index >= 15 is 0 Å². The maximum absolute atomic E-state index is 12.8. The third-order valence-corrected chi connectivity index (χ3v) is 5.04. The smallest absolute Gasteiger partial charge is 0.254 e. The molecular formula is C18H27BrClN3O2. The van der Waals surface area contributed by atoms with Crippen LogP contribution in [0.3, 0.4) is 0 Å². The van der Waals surface area contributed by atoms with E-state index < -0.39 is 0 Å². The van der Waals surface area contributed by atoms with Crippen molar-refractivity contribution in [2.75, 3.05) is 40.3 Å². The van der Waals surface area contributed by atoms with Crippen molar-refractivity contribution in [3.05, 3.63) is 33.8 Å². The Balaban J connectivity index is 0.00000312. The van der Waals surface area contributed by atoms with Crippen LogP contribution in [0.5, 0.6) is 0 Å². The van der Waals surface area contributed by atoms with E-state index in [0.717, 1.165) is 41.5 Å². The van der Waals surface area contributed by atoms with Crippen LogP contribution < -0.4 is 5.32 Å². The van der Waals surface area contributed by atoms with Crippen molar-refractivity contribution in [3.8, 4) is 0 Å². The van der Waals surface area contributed by atoms with Crippen molar-refractivity contribution in [2.45, 2.75) is 19.8 Å². The second kappa shape index (κ2) is 10.1. The number of benzene rings is 1. The summed E-state index contributed by atoms with van der Waals surface area (Å²) in [4.78, 5) is 29.0. The standard InChI is InChI=1S/C18H26BrN3O2.ClH/c1-13-11-15(19)6-7-16(13)18(24)22-9-4-5-14(12-22)17(23)21(3)10-8-20-2;/h6-7,11,14,20H,4-5,8-10,12H2,1-3H3;1H. The topological polar surface area (TPSA) is 52.7 Å². The highest BCUT2D eigenvalue weighted by Gasteiger charge is 2.30. The third kappa shape index (κ3) is 5.69. The van der Waals surface area contributed by atoms with E-state index in [2.05, 4.69) is 21.2 Å². The molecule has 0 radical (unpaired) electrons. The molecule has 2 amide bonds. The third-order valence-electron chi connectivity index (χ3n) is 4.55. The van der Waals surface area contributed by atoms with Crippen molar-refractivity contribution >= 4 is 40.2 Å². The number of nitrogens with zero attached hydrogens (tertiary/aromatic N) is 2. The molecule has 1 atom stereocenters. The van der Waals surface area contributed by atoms with Crippen LogP contribution in [0.2, 0.25) is 0 Å². The minimum Gasteiger partial charge on any atom is -0.344 e. The Morgan fingerprint density at radius 3 is 2.76 bits per heavy atom. The molecular weight excluding hydrogens is 406 g/mol. The molecule has 1 aliphatic rings. The number of carbonyl (C=O) groups is 2. The van der Waals surface area contributed by atoms with Gasteiger partial charge in [0.25, 0.3) is 5.91 Å². The van der Waals surface area contributed by atoms with E-state index in [1.165, 1.54) is 0 Å². The number of rotatable bonds is 5. The van der Waals surface area contributed by atoms with Crippen molar-refractivity contribution in [3.63, 3.8) is 0 Å². The number of carbonyl (C=O) groups excluding carboxylic acids is 2. The van der Waals surface area contributed by atoms with Crippen LogP contribution in [0, 0.1) is 12.8 Å². The van der Waals surface area contributed by atoms with Crippen molar-refractivity contribution in [1.82, 2.24) is 15.1 Å². The molecule has 1 heterocycles. The lowest BCUT2D eigenvalue weighted by molar-refractivity contribution is -0.135. The largest absolute Gasteiger partial charge is 0.344 e. The van der Waals surface area contributed by atoms with Gasteiger partial charge in [-0.3, -0.25) is 9.59 Å². The zero-order valence-corrected chi connectivity index (χ0v) is 17.5. The second-order valence-corrected chi connectivity index (χ2v) is 7.33. The van der Waals surface area contributed by atoms with Gasteiger partial charge in [-0.25, -0.2) is 0 Å². The number of halogens is 2. The first kappa shape index (κ1) is 21.9. The lowest BCUT2D eigenvalue weighted by atomic mass is 9.95. The van der Waals surface area contributed by atoms with Crippen LogP contribution in [0.15, 0.2) is 22.7 Å². The Bertz CT molecular complexity index is 612. The van der Waals surface area contributed by atoms with E-state index in [9.17, 15) is 9.59 Å². The number of piperidine rings is 1. The van der Waals surface area contributed by atoms with Gasteiger partial charge in [0.2, 0.25) is 5.91 Å².